The molecule has 8 heteroatoms. The summed E-state index contributed by atoms with van der Waals surface area (Å²) in [6.07, 6.45) is 4.83. The van der Waals surface area contributed by atoms with Crippen LogP contribution in [0.15, 0.2) is 36.4 Å². The summed E-state index contributed by atoms with van der Waals surface area (Å²) in [7, 11) is 0. The van der Waals surface area contributed by atoms with Crippen molar-refractivity contribution < 1.29 is 35.9 Å². The molecule has 4 rings (SSSR count). The van der Waals surface area contributed by atoms with Gasteiger partial charge in [0.05, 0.1) is 5.92 Å². The van der Waals surface area contributed by atoms with Gasteiger partial charge in [-0.15, -0.1) is 0 Å². The molecule has 214 valence electrons. The fraction of sp³-hybridized carbons (Fsp3) is 0.406. The number of aryl methyl sites for hydroxylation is 2. The van der Waals surface area contributed by atoms with E-state index in [4.69, 9.17) is 4.74 Å². The summed E-state index contributed by atoms with van der Waals surface area (Å²) >= 11 is 0. The van der Waals surface area contributed by atoms with E-state index in [1.165, 1.54) is 12.1 Å². The monoisotopic (exact) mass is 562 g/mol. The standard InChI is InChI=1S/C32H32F6O2/c1-3-5-6-7-20-13-14-22(28(35)27(20)34)19-8-10-21(11-9-19)32(39)40-25-17-16-24(30(37)31(25)38)23-15-12-18(4-2)26(33)29(23)36/h12-17,19,21H,3-11H2,1-2H3. The summed E-state index contributed by atoms with van der Waals surface area (Å²) in [6, 6.07) is 7.76. The highest BCUT2D eigenvalue weighted by molar-refractivity contribution is 5.76. The zero-order chi connectivity index (χ0) is 29.0. The molecule has 0 spiro atoms. The molecule has 0 unspecified atom stereocenters. The maximum atomic E-state index is 14.8. The van der Waals surface area contributed by atoms with Crippen molar-refractivity contribution in [3.05, 3.63) is 88.0 Å². The molecule has 0 heterocycles. The van der Waals surface area contributed by atoms with Crippen molar-refractivity contribution >= 4 is 5.97 Å². The molecule has 3 aromatic rings. The number of halogens is 6. The summed E-state index contributed by atoms with van der Waals surface area (Å²) in [6.45, 7) is 3.67. The van der Waals surface area contributed by atoms with E-state index >= 15 is 0 Å². The largest absolute Gasteiger partial charge is 0.423 e. The highest BCUT2D eigenvalue weighted by atomic mass is 19.2. The third-order valence-electron chi connectivity index (χ3n) is 7.83. The van der Waals surface area contributed by atoms with Crippen LogP contribution in [-0.4, -0.2) is 5.97 Å². The third kappa shape index (κ3) is 6.06. The van der Waals surface area contributed by atoms with Crippen molar-refractivity contribution in [3.63, 3.8) is 0 Å². The van der Waals surface area contributed by atoms with Crippen LogP contribution in [-0.2, 0) is 17.6 Å². The topological polar surface area (TPSA) is 26.3 Å². The van der Waals surface area contributed by atoms with Gasteiger partial charge in [0.2, 0.25) is 5.82 Å². The Morgan fingerprint density at radius 2 is 1.30 bits per heavy atom. The number of ether oxygens (including phenoxy) is 1. The van der Waals surface area contributed by atoms with E-state index in [2.05, 4.69) is 0 Å². The highest BCUT2D eigenvalue weighted by Gasteiger charge is 2.32. The molecular formula is C32H32F6O2. The van der Waals surface area contributed by atoms with E-state index < -0.39 is 63.7 Å². The fourth-order valence-corrected chi connectivity index (χ4v) is 5.40. The number of unbranched alkanes of at least 4 members (excludes halogenated alkanes) is 2. The second-order valence-corrected chi connectivity index (χ2v) is 10.4. The van der Waals surface area contributed by atoms with Crippen molar-refractivity contribution in [2.75, 3.05) is 0 Å². The number of hydrogen-bond donors (Lipinski definition) is 0. The summed E-state index contributed by atoms with van der Waals surface area (Å²) in [5.74, 6) is -9.38. The molecule has 2 nitrogen and oxygen atoms in total. The molecule has 1 aliphatic rings. The predicted molar refractivity (Wildman–Crippen MR) is 141 cm³/mol. The van der Waals surface area contributed by atoms with Crippen molar-refractivity contribution in [1.82, 2.24) is 0 Å². The number of carbonyl (C=O) groups excluding carboxylic acids is 1. The zero-order valence-electron chi connectivity index (χ0n) is 22.6. The fourth-order valence-electron chi connectivity index (χ4n) is 5.40. The van der Waals surface area contributed by atoms with Gasteiger partial charge in [-0.1, -0.05) is 51.0 Å². The van der Waals surface area contributed by atoms with Gasteiger partial charge >= 0.3 is 5.97 Å². The summed E-state index contributed by atoms with van der Waals surface area (Å²) in [4.78, 5) is 12.7. The summed E-state index contributed by atoms with van der Waals surface area (Å²) in [5.41, 5.74) is -0.196. The van der Waals surface area contributed by atoms with Gasteiger partial charge in [0, 0.05) is 11.1 Å². The van der Waals surface area contributed by atoms with E-state index in [9.17, 15) is 31.1 Å². The van der Waals surface area contributed by atoms with E-state index in [0.29, 0.717) is 37.7 Å². The molecule has 0 N–H and O–H groups in total. The van der Waals surface area contributed by atoms with Gasteiger partial charge in [-0.2, -0.15) is 4.39 Å². The summed E-state index contributed by atoms with van der Waals surface area (Å²) in [5, 5.41) is 0. The van der Waals surface area contributed by atoms with E-state index in [0.717, 1.165) is 31.4 Å². The van der Waals surface area contributed by atoms with Gasteiger partial charge in [0.15, 0.2) is 34.8 Å². The van der Waals surface area contributed by atoms with Crippen LogP contribution in [0.4, 0.5) is 26.3 Å². The minimum atomic E-state index is -1.49. The van der Waals surface area contributed by atoms with Crippen molar-refractivity contribution in [2.45, 2.75) is 77.6 Å². The molecular weight excluding hydrogens is 530 g/mol. The van der Waals surface area contributed by atoms with Gasteiger partial charge < -0.3 is 4.74 Å². The molecule has 1 fully saturated rings. The van der Waals surface area contributed by atoms with Crippen molar-refractivity contribution in [2.24, 2.45) is 5.92 Å². The van der Waals surface area contributed by atoms with Gasteiger partial charge in [0.1, 0.15) is 0 Å². The number of benzene rings is 3. The predicted octanol–water partition coefficient (Wildman–Crippen LogP) is 9.36. The minimum Gasteiger partial charge on any atom is -0.423 e. The lowest BCUT2D eigenvalue weighted by Gasteiger charge is -2.28. The van der Waals surface area contributed by atoms with E-state index in [1.54, 1.807) is 19.1 Å². The normalized spacial score (nSPS) is 17.2. The minimum absolute atomic E-state index is 0.106. The SMILES string of the molecule is CCCCCc1ccc(C2CCC(C(=O)Oc3ccc(-c4ccc(CC)c(F)c4F)c(F)c3F)CC2)c(F)c1F. The van der Waals surface area contributed by atoms with Crippen LogP contribution in [0.3, 0.4) is 0 Å². The van der Waals surface area contributed by atoms with Crippen LogP contribution in [0.2, 0.25) is 0 Å². The molecule has 40 heavy (non-hydrogen) atoms. The molecule has 0 atom stereocenters. The molecule has 0 amide bonds. The molecule has 1 saturated carbocycles. The first kappa shape index (κ1) is 29.7. The molecule has 3 aromatic carbocycles. The van der Waals surface area contributed by atoms with Crippen molar-refractivity contribution in [3.8, 4) is 16.9 Å². The smallest absolute Gasteiger partial charge is 0.314 e. The molecule has 0 radical (unpaired) electrons. The lowest BCUT2D eigenvalue weighted by atomic mass is 9.78. The Morgan fingerprint density at radius 1 is 0.700 bits per heavy atom. The lowest BCUT2D eigenvalue weighted by molar-refractivity contribution is -0.140. The molecule has 0 aromatic heterocycles. The molecule has 0 bridgehead atoms. The van der Waals surface area contributed by atoms with Gasteiger partial charge in [-0.3, -0.25) is 4.79 Å². The molecule has 1 aliphatic carbocycles. The first-order valence-electron chi connectivity index (χ1n) is 13.8. The average molecular weight is 563 g/mol. The maximum absolute atomic E-state index is 14.8. The van der Waals surface area contributed by atoms with Crippen LogP contribution in [0.5, 0.6) is 5.75 Å². The molecule has 0 aliphatic heterocycles. The first-order chi connectivity index (χ1) is 19.2. The second kappa shape index (κ2) is 12.9. The Hall–Kier alpha value is -3.29. The van der Waals surface area contributed by atoms with Crippen LogP contribution < -0.4 is 4.74 Å². The third-order valence-corrected chi connectivity index (χ3v) is 7.83. The Labute approximate surface area is 230 Å². The summed E-state index contributed by atoms with van der Waals surface area (Å²) < 4.78 is 92.9. The Kier molecular flexibility index (Phi) is 9.59. The Morgan fingerprint density at radius 3 is 1.95 bits per heavy atom. The lowest BCUT2D eigenvalue weighted by Crippen LogP contribution is -2.26. The van der Waals surface area contributed by atoms with E-state index in [1.807, 2.05) is 6.92 Å². The average Bonchev–Trinajstić information content (AvgIpc) is 2.96. The van der Waals surface area contributed by atoms with E-state index in [-0.39, 0.29) is 23.5 Å². The zero-order valence-corrected chi connectivity index (χ0v) is 22.6. The number of rotatable bonds is 9. The van der Waals surface area contributed by atoms with Gasteiger partial charge in [0.25, 0.3) is 0 Å². The van der Waals surface area contributed by atoms with Crippen LogP contribution in [0, 0.1) is 40.8 Å². The van der Waals surface area contributed by atoms with Crippen LogP contribution in [0.25, 0.3) is 11.1 Å². The number of hydrogen-bond acceptors (Lipinski definition) is 2. The second-order valence-electron chi connectivity index (χ2n) is 10.4. The van der Waals surface area contributed by atoms with Gasteiger partial charge in [-0.25, -0.2) is 22.0 Å². The van der Waals surface area contributed by atoms with Crippen LogP contribution in [0.1, 0.15) is 81.4 Å². The maximum Gasteiger partial charge on any atom is 0.314 e. The highest BCUT2D eigenvalue weighted by Crippen LogP contribution is 2.39. The molecule has 0 saturated heterocycles. The van der Waals surface area contributed by atoms with Crippen LogP contribution >= 0.6 is 0 Å². The van der Waals surface area contributed by atoms with Gasteiger partial charge in [-0.05, 0) is 79.7 Å². The number of esters is 1. The first-order valence-corrected chi connectivity index (χ1v) is 13.8. The Bertz CT molecular complexity index is 1380. The quantitative estimate of drug-likeness (QED) is 0.112. The van der Waals surface area contributed by atoms with Crippen molar-refractivity contribution in [1.29, 1.82) is 0 Å². The Balaban J connectivity index is 1.41. The number of carbonyl (C=O) groups is 1.